The summed E-state index contributed by atoms with van der Waals surface area (Å²) in [7, 11) is 5.25. The highest BCUT2D eigenvalue weighted by Gasteiger charge is 2.33. The Morgan fingerprint density at radius 2 is 0.856 bits per heavy atom. The van der Waals surface area contributed by atoms with Crippen molar-refractivity contribution in [3.8, 4) is 51.4 Å². The van der Waals surface area contributed by atoms with Crippen LogP contribution in [0.3, 0.4) is 0 Å². The molecule has 0 bridgehead atoms. The summed E-state index contributed by atoms with van der Waals surface area (Å²) in [5.41, 5.74) is -2.83. The zero-order valence-electron chi connectivity index (χ0n) is 53.6. The Labute approximate surface area is 517 Å². The van der Waals surface area contributed by atoms with E-state index >= 15 is 0 Å². The Morgan fingerprint density at radius 3 is 1.29 bits per heavy atom. The SMILES string of the molecule is COc1cc(-c2c3c4cc(OC)c(OC(=O)[C@H](C)NC(=O)[C@H](C)NC(=O)OC(C)(C)C)cc4oc(=O)c3n3ccc4c(OC(=O)[C@H](C)NC(=O)[C@H](C)NC(=O)OC(C)(C)C)c(OC)c(OC)cc4c23)ccc1OC(=O)[C@H](C)NC(=O)[C@H](C)NC(=O)OC(C)(C)C. The third kappa shape index (κ3) is 16.6. The van der Waals surface area contributed by atoms with Crippen LogP contribution in [0, 0.1) is 0 Å². The Hall–Kier alpha value is -10.0. The lowest BCUT2D eigenvalue weighted by atomic mass is 9.97. The normalized spacial score (nSPS) is 13.7. The number of amides is 6. The van der Waals surface area contributed by atoms with Crippen molar-refractivity contribution >= 4 is 92.1 Å². The smallest absolute Gasteiger partial charge is 0.408 e. The van der Waals surface area contributed by atoms with Gasteiger partial charge in [-0.15, -0.1) is 0 Å². The molecule has 0 radical (unpaired) electrons. The second kappa shape index (κ2) is 27.6. The van der Waals surface area contributed by atoms with E-state index in [9.17, 15) is 47.9 Å². The topological polar surface area (TPSA) is 353 Å². The van der Waals surface area contributed by atoms with Crippen LogP contribution < -0.4 is 70.7 Å². The van der Waals surface area contributed by atoms with Gasteiger partial charge < -0.3 is 88.1 Å². The standard InChI is InChI=1S/C62H77N7O21/c1-28(66-57(77)88-60(7,8)9)50(70)63-31(4)53(73)84-38-21-20-34(24-40(38)80-16)44-45-37-26-41(81-17)42(86-54(74)32(5)64-51(71)29(2)67-58(78)89-61(10,11)12)27-39(37)85-56(76)47(45)69-23-22-35-36(46(44)69)25-43(82-18)49(83-19)48(35)87-55(75)33(6)65-52(72)30(3)68-59(79)90-62(13,14)15/h20-33H,1-19H3,(H,63,70)(H,64,71)(H,65,72)(H,66,77)(H,67,78)(H,68,79)/t28-,29-,30-,31-,32-,33-/m0/s1. The highest BCUT2D eigenvalue weighted by molar-refractivity contribution is 6.22. The number of carbonyl (C=O) groups excluding carboxylic acids is 9. The van der Waals surface area contributed by atoms with Gasteiger partial charge in [-0.2, -0.15) is 0 Å². The molecule has 6 amide bonds. The van der Waals surface area contributed by atoms with Gasteiger partial charge in [0.15, 0.2) is 34.5 Å². The fourth-order valence-electron chi connectivity index (χ4n) is 8.87. The minimum Gasteiger partial charge on any atom is -0.493 e. The molecule has 90 heavy (non-hydrogen) atoms. The zero-order valence-corrected chi connectivity index (χ0v) is 53.6. The first-order valence-corrected chi connectivity index (χ1v) is 28.3. The van der Waals surface area contributed by atoms with Crippen molar-refractivity contribution in [3.05, 3.63) is 59.1 Å². The van der Waals surface area contributed by atoms with E-state index in [2.05, 4.69) is 31.9 Å². The van der Waals surface area contributed by atoms with Crippen LogP contribution in [0.5, 0.6) is 40.2 Å². The van der Waals surface area contributed by atoms with Crippen molar-refractivity contribution in [1.82, 2.24) is 36.3 Å². The minimum atomic E-state index is -1.33. The van der Waals surface area contributed by atoms with Gasteiger partial charge in [0.2, 0.25) is 23.5 Å². The Bertz CT molecular complexity index is 3870. The molecule has 0 aliphatic heterocycles. The number of hydrogen-bond donors (Lipinski definition) is 6. The Kier molecular flexibility index (Phi) is 21.2. The number of carbonyl (C=O) groups is 9. The van der Waals surface area contributed by atoms with Crippen molar-refractivity contribution in [2.75, 3.05) is 28.4 Å². The Morgan fingerprint density at radius 1 is 0.433 bits per heavy atom. The largest absolute Gasteiger partial charge is 0.493 e. The van der Waals surface area contributed by atoms with Crippen LogP contribution >= 0.6 is 0 Å². The third-order valence-electron chi connectivity index (χ3n) is 13.0. The molecule has 6 N–H and O–H groups in total. The summed E-state index contributed by atoms with van der Waals surface area (Å²) in [6.45, 7) is 23.2. The molecule has 3 heterocycles. The molecule has 3 aromatic heterocycles. The molecule has 28 heteroatoms. The first-order valence-electron chi connectivity index (χ1n) is 28.3. The molecule has 28 nitrogen and oxygen atoms in total. The second-order valence-electron chi connectivity index (χ2n) is 23.8. The van der Waals surface area contributed by atoms with E-state index in [1.165, 1.54) is 111 Å². The van der Waals surface area contributed by atoms with Gasteiger partial charge in [-0.3, -0.25) is 14.4 Å². The molecule has 0 aliphatic rings. The molecule has 0 saturated heterocycles. The first kappa shape index (κ1) is 69.1. The van der Waals surface area contributed by atoms with Gasteiger partial charge in [0.25, 0.3) is 0 Å². The number of hydrogen-bond acceptors (Lipinski definition) is 21. The monoisotopic (exact) mass is 1260 g/mol. The number of rotatable bonds is 20. The molecular weight excluding hydrogens is 1180 g/mol. The van der Waals surface area contributed by atoms with E-state index in [1.54, 1.807) is 74.4 Å². The molecule has 3 aromatic carbocycles. The number of aromatic nitrogens is 1. The number of alkyl carbamates (subject to hydrolysis) is 3. The van der Waals surface area contributed by atoms with Gasteiger partial charge >= 0.3 is 41.8 Å². The van der Waals surface area contributed by atoms with Crippen LogP contribution in [0.15, 0.2) is 57.9 Å². The average molecular weight is 1260 g/mol. The molecule has 0 aliphatic carbocycles. The molecule has 6 atom stereocenters. The van der Waals surface area contributed by atoms with Crippen LogP contribution in [0.25, 0.3) is 49.3 Å². The summed E-state index contributed by atoms with van der Waals surface area (Å²) in [6.07, 6.45) is -1.07. The molecule has 0 unspecified atom stereocenters. The fraction of sp³-hybridized carbons (Fsp3) is 0.452. The molecule has 6 rings (SSSR count). The molecular formula is C62H77N7O21. The molecule has 0 fully saturated rings. The molecule has 0 spiro atoms. The maximum atomic E-state index is 14.7. The third-order valence-corrected chi connectivity index (χ3v) is 13.0. The van der Waals surface area contributed by atoms with Gasteiger partial charge in [0, 0.05) is 39.4 Å². The number of nitrogens with one attached hydrogen (secondary N) is 6. The van der Waals surface area contributed by atoms with Crippen LogP contribution in [-0.4, -0.2) is 140 Å². The van der Waals surface area contributed by atoms with E-state index in [0.717, 1.165) is 0 Å². The van der Waals surface area contributed by atoms with Gasteiger partial charge in [0.05, 0.1) is 34.0 Å². The van der Waals surface area contributed by atoms with Gasteiger partial charge in [0.1, 0.15) is 64.2 Å². The van der Waals surface area contributed by atoms with Gasteiger partial charge in [-0.05, 0) is 140 Å². The van der Waals surface area contributed by atoms with Crippen molar-refractivity contribution in [1.29, 1.82) is 0 Å². The van der Waals surface area contributed by atoms with Crippen molar-refractivity contribution in [2.24, 2.45) is 0 Å². The quantitative estimate of drug-likeness (QED) is 0.0193. The van der Waals surface area contributed by atoms with Crippen LogP contribution in [0.2, 0.25) is 0 Å². The Balaban J connectivity index is 1.51. The summed E-state index contributed by atoms with van der Waals surface area (Å²) in [4.78, 5) is 133. The maximum absolute atomic E-state index is 14.7. The van der Waals surface area contributed by atoms with E-state index in [-0.39, 0.29) is 84.0 Å². The number of nitrogens with zero attached hydrogens (tertiary/aromatic N) is 1. The number of pyridine rings is 1. The van der Waals surface area contributed by atoms with Gasteiger partial charge in [-0.25, -0.2) is 33.6 Å². The summed E-state index contributed by atoms with van der Waals surface area (Å²) >= 11 is 0. The second-order valence-corrected chi connectivity index (χ2v) is 23.8. The lowest BCUT2D eigenvalue weighted by Gasteiger charge is -2.22. The van der Waals surface area contributed by atoms with Crippen molar-refractivity contribution < 1.29 is 94.9 Å². The number of methoxy groups -OCH3 is 4. The predicted octanol–water partition coefficient (Wildman–Crippen LogP) is 7.02. The van der Waals surface area contributed by atoms with Crippen LogP contribution in [-0.2, 0) is 43.0 Å². The van der Waals surface area contributed by atoms with Crippen LogP contribution in [0.4, 0.5) is 14.4 Å². The number of esters is 3. The highest BCUT2D eigenvalue weighted by Crippen LogP contribution is 2.50. The average Bonchev–Trinajstić information content (AvgIpc) is 1.53. The van der Waals surface area contributed by atoms with E-state index < -0.39 is 113 Å². The summed E-state index contributed by atoms with van der Waals surface area (Å²) in [5, 5.41) is 15.7. The number of ether oxygens (including phenoxy) is 10. The lowest BCUT2D eigenvalue weighted by molar-refractivity contribution is -0.139. The zero-order chi connectivity index (χ0) is 67.2. The summed E-state index contributed by atoms with van der Waals surface area (Å²) in [6, 6.07) is 2.96. The van der Waals surface area contributed by atoms with Crippen molar-refractivity contribution in [3.63, 3.8) is 0 Å². The van der Waals surface area contributed by atoms with E-state index in [4.69, 9.17) is 51.8 Å². The predicted molar refractivity (Wildman–Crippen MR) is 326 cm³/mol. The maximum Gasteiger partial charge on any atom is 0.408 e. The highest BCUT2D eigenvalue weighted by atomic mass is 16.6. The molecule has 6 aromatic rings. The van der Waals surface area contributed by atoms with E-state index in [1.807, 2.05) is 0 Å². The lowest BCUT2D eigenvalue weighted by Crippen LogP contribution is -2.50. The number of benzene rings is 3. The number of fused-ring (bicyclic) bond motifs is 7. The van der Waals surface area contributed by atoms with Gasteiger partial charge in [-0.1, -0.05) is 6.07 Å². The molecule has 486 valence electrons. The molecule has 0 saturated carbocycles. The minimum absolute atomic E-state index is 0.0251. The van der Waals surface area contributed by atoms with Crippen LogP contribution in [0.1, 0.15) is 104 Å². The summed E-state index contributed by atoms with van der Waals surface area (Å²) < 4.78 is 64.2. The summed E-state index contributed by atoms with van der Waals surface area (Å²) in [5.74, 6) is -5.73. The fourth-order valence-corrected chi connectivity index (χ4v) is 8.87. The van der Waals surface area contributed by atoms with E-state index in [0.29, 0.717) is 5.56 Å². The first-order chi connectivity index (χ1) is 41.9. The van der Waals surface area contributed by atoms with Crippen molar-refractivity contribution in [2.45, 2.75) is 157 Å².